The van der Waals surface area contributed by atoms with E-state index in [0.717, 1.165) is 0 Å². The molecule has 5 nitrogen and oxygen atoms in total. The Bertz CT molecular complexity index is 394. The van der Waals surface area contributed by atoms with Gasteiger partial charge in [-0.2, -0.15) is 15.0 Å². The van der Waals surface area contributed by atoms with Gasteiger partial charge >= 0.3 is 0 Å². The van der Waals surface area contributed by atoms with Crippen molar-refractivity contribution in [3.63, 3.8) is 0 Å². The van der Waals surface area contributed by atoms with E-state index in [2.05, 4.69) is 20.3 Å². The maximum Gasteiger partial charge on any atom is 0.230 e. The molecule has 0 amide bonds. The van der Waals surface area contributed by atoms with E-state index < -0.39 is 10.6 Å². The lowest BCUT2D eigenvalue weighted by atomic mass is 10.4. The zero-order valence-corrected chi connectivity index (χ0v) is 12.3. The number of halogens is 4. The van der Waals surface area contributed by atoms with Crippen LogP contribution in [-0.4, -0.2) is 42.8 Å². The monoisotopic (exact) mass is 336 g/mol. The van der Waals surface area contributed by atoms with Gasteiger partial charge in [-0.05, 0) is 17.9 Å². The molecule has 0 aliphatic rings. The van der Waals surface area contributed by atoms with Crippen LogP contribution >= 0.6 is 58.2 Å². The lowest BCUT2D eigenvalue weighted by Crippen LogP contribution is -2.39. The molecule has 17 heavy (non-hydrogen) atoms. The number of nitrogens with one attached hydrogen (secondary N) is 1. The molecule has 1 unspecified atom stereocenters. The number of nitrogens with zero attached hydrogens (tertiary/aromatic N) is 3. The maximum absolute atomic E-state index is 9.68. The summed E-state index contributed by atoms with van der Waals surface area (Å²) in [5.41, 5.74) is 0. The maximum atomic E-state index is 9.68. The van der Waals surface area contributed by atoms with Gasteiger partial charge in [0, 0.05) is 0 Å². The first-order chi connectivity index (χ1) is 7.89. The van der Waals surface area contributed by atoms with Crippen molar-refractivity contribution in [3.05, 3.63) is 5.28 Å². The largest absolute Gasteiger partial charge is 0.370 e. The van der Waals surface area contributed by atoms with Gasteiger partial charge in [-0.1, -0.05) is 35.0 Å². The minimum absolute atomic E-state index is 0.000307. The Balaban J connectivity index is 2.84. The molecule has 1 atom stereocenters. The summed E-state index contributed by atoms with van der Waals surface area (Å²) < 4.78 is -1.56. The number of rotatable bonds is 5. The van der Waals surface area contributed by atoms with Gasteiger partial charge in [0.25, 0.3) is 0 Å². The summed E-state index contributed by atoms with van der Waals surface area (Å²) in [5.74, 6) is -0.101. The number of hydrogen-bond acceptors (Lipinski definition) is 6. The fourth-order valence-electron chi connectivity index (χ4n) is 0.789. The van der Waals surface area contributed by atoms with E-state index in [1.54, 1.807) is 6.26 Å². The van der Waals surface area contributed by atoms with E-state index in [1.807, 2.05) is 0 Å². The molecule has 1 aromatic heterocycles. The number of anilines is 1. The van der Waals surface area contributed by atoms with Gasteiger partial charge in [-0.15, -0.1) is 11.6 Å². The molecule has 1 rings (SSSR count). The van der Waals surface area contributed by atoms with Crippen LogP contribution in [0.3, 0.4) is 0 Å². The predicted molar refractivity (Wildman–Crippen MR) is 71.4 cm³/mol. The van der Waals surface area contributed by atoms with Gasteiger partial charge in [0.15, 0.2) is 15.7 Å². The lowest BCUT2D eigenvalue weighted by molar-refractivity contribution is 0.190. The van der Waals surface area contributed by atoms with Crippen LogP contribution in [0.5, 0.6) is 0 Å². The van der Waals surface area contributed by atoms with E-state index in [-0.39, 0.29) is 17.1 Å². The van der Waals surface area contributed by atoms with E-state index in [9.17, 15) is 5.11 Å². The Kier molecular flexibility index (Phi) is 5.82. The first-order valence-electron chi connectivity index (χ1n) is 4.23. The standard InChI is InChI=1S/C7H8Cl4N4OS/c1-17-6-14-4(9)13-5(15-6)12-3(16)7(10,11)2-8/h3,16H,2H2,1H3,(H,12,13,14,15). The summed E-state index contributed by atoms with van der Waals surface area (Å²) in [6.07, 6.45) is 0.439. The highest BCUT2D eigenvalue weighted by molar-refractivity contribution is 7.98. The third kappa shape index (κ3) is 4.46. The van der Waals surface area contributed by atoms with Crippen LogP contribution in [0.1, 0.15) is 0 Å². The van der Waals surface area contributed by atoms with Gasteiger partial charge in [0.2, 0.25) is 11.2 Å². The Labute approximate surface area is 122 Å². The van der Waals surface area contributed by atoms with Gasteiger partial charge in [0.1, 0.15) is 0 Å². The van der Waals surface area contributed by atoms with Crippen molar-refractivity contribution in [1.29, 1.82) is 0 Å². The van der Waals surface area contributed by atoms with Crippen molar-refractivity contribution in [1.82, 2.24) is 15.0 Å². The zero-order chi connectivity index (χ0) is 13.1. The number of aliphatic hydroxyl groups is 1. The fourth-order valence-corrected chi connectivity index (χ4v) is 1.61. The summed E-state index contributed by atoms with van der Waals surface area (Å²) in [4.78, 5) is 11.6. The molecule has 0 spiro atoms. The van der Waals surface area contributed by atoms with Crippen LogP contribution < -0.4 is 5.32 Å². The van der Waals surface area contributed by atoms with Crippen LogP contribution in [0.15, 0.2) is 5.16 Å². The summed E-state index contributed by atoms with van der Waals surface area (Å²) in [6, 6.07) is 0. The molecular weight excluding hydrogens is 330 g/mol. The van der Waals surface area contributed by atoms with Crippen molar-refractivity contribution in [3.8, 4) is 0 Å². The lowest BCUT2D eigenvalue weighted by Gasteiger charge is -2.23. The molecule has 1 aromatic rings. The summed E-state index contributed by atoms with van der Waals surface area (Å²) in [6.45, 7) is 0. The molecule has 1 heterocycles. The number of aliphatic hydroxyl groups excluding tert-OH is 1. The average Bonchev–Trinajstić information content (AvgIpc) is 2.28. The highest BCUT2D eigenvalue weighted by Gasteiger charge is 2.33. The molecule has 10 heteroatoms. The van der Waals surface area contributed by atoms with Crippen molar-refractivity contribution in [2.24, 2.45) is 0 Å². The van der Waals surface area contributed by atoms with Crippen LogP contribution in [0.25, 0.3) is 0 Å². The Hall–Kier alpha value is 0.280. The first-order valence-corrected chi connectivity index (χ1v) is 7.12. The SMILES string of the molecule is CSc1nc(Cl)nc(NC(O)C(Cl)(Cl)CCl)n1. The van der Waals surface area contributed by atoms with Crippen molar-refractivity contribution in [2.75, 3.05) is 17.5 Å². The van der Waals surface area contributed by atoms with Gasteiger partial charge in [-0.25, -0.2) is 0 Å². The number of aromatic nitrogens is 3. The van der Waals surface area contributed by atoms with Crippen molar-refractivity contribution < 1.29 is 5.11 Å². The van der Waals surface area contributed by atoms with Crippen LogP contribution in [-0.2, 0) is 0 Å². The van der Waals surface area contributed by atoms with Crippen LogP contribution in [0, 0.1) is 0 Å². The molecule has 0 aliphatic heterocycles. The highest BCUT2D eigenvalue weighted by Crippen LogP contribution is 2.27. The smallest absolute Gasteiger partial charge is 0.230 e. The average molecular weight is 338 g/mol. The van der Waals surface area contributed by atoms with Gasteiger partial charge < -0.3 is 10.4 Å². The molecule has 0 radical (unpaired) electrons. The summed E-state index contributed by atoms with van der Waals surface area (Å²) in [7, 11) is 0. The van der Waals surface area contributed by atoms with E-state index in [0.29, 0.717) is 5.16 Å². The third-order valence-electron chi connectivity index (χ3n) is 1.61. The highest BCUT2D eigenvalue weighted by atomic mass is 35.5. The molecule has 0 aromatic carbocycles. The number of hydrogen-bond donors (Lipinski definition) is 2. The zero-order valence-electron chi connectivity index (χ0n) is 8.49. The van der Waals surface area contributed by atoms with Gasteiger partial charge in [0.05, 0.1) is 5.88 Å². The predicted octanol–water partition coefficient (Wildman–Crippen LogP) is 2.39. The molecule has 0 aliphatic carbocycles. The number of thioether (sulfide) groups is 1. The second-order valence-electron chi connectivity index (χ2n) is 2.86. The molecule has 2 N–H and O–H groups in total. The Morgan fingerprint density at radius 1 is 1.41 bits per heavy atom. The molecule has 0 saturated carbocycles. The molecule has 0 saturated heterocycles. The normalized spacial score (nSPS) is 13.5. The minimum Gasteiger partial charge on any atom is -0.370 e. The van der Waals surface area contributed by atoms with Crippen molar-refractivity contribution in [2.45, 2.75) is 15.7 Å². The van der Waals surface area contributed by atoms with Crippen LogP contribution in [0.2, 0.25) is 5.28 Å². The minimum atomic E-state index is -1.56. The van der Waals surface area contributed by atoms with E-state index in [1.165, 1.54) is 11.8 Å². The third-order valence-corrected chi connectivity index (χ3v) is 3.71. The van der Waals surface area contributed by atoms with Crippen molar-refractivity contribution >= 4 is 64.1 Å². The molecular formula is C7H8Cl4N4OS. The quantitative estimate of drug-likeness (QED) is 0.488. The van der Waals surface area contributed by atoms with Gasteiger partial charge in [-0.3, -0.25) is 0 Å². The molecule has 0 fully saturated rings. The number of alkyl halides is 3. The summed E-state index contributed by atoms with van der Waals surface area (Å²) >= 11 is 23.9. The summed E-state index contributed by atoms with van der Waals surface area (Å²) in [5, 5.41) is 12.6. The Morgan fingerprint density at radius 2 is 2.06 bits per heavy atom. The first kappa shape index (κ1) is 15.3. The Morgan fingerprint density at radius 3 is 2.59 bits per heavy atom. The van der Waals surface area contributed by atoms with E-state index >= 15 is 0 Å². The molecule has 0 bridgehead atoms. The molecule has 96 valence electrons. The second-order valence-corrected chi connectivity index (χ2v) is 5.78. The van der Waals surface area contributed by atoms with Crippen LogP contribution in [0.4, 0.5) is 5.95 Å². The second kappa shape index (κ2) is 6.45. The van der Waals surface area contributed by atoms with E-state index in [4.69, 9.17) is 46.4 Å². The fraction of sp³-hybridized carbons (Fsp3) is 0.571. The topological polar surface area (TPSA) is 70.9 Å².